The van der Waals surface area contributed by atoms with Crippen LogP contribution < -0.4 is 5.32 Å². The molecule has 0 atom stereocenters. The van der Waals surface area contributed by atoms with Crippen LogP contribution in [-0.2, 0) is 9.59 Å². The summed E-state index contributed by atoms with van der Waals surface area (Å²) in [6, 6.07) is 3.46. The summed E-state index contributed by atoms with van der Waals surface area (Å²) in [4.78, 5) is 32.1. The van der Waals surface area contributed by atoms with Crippen LogP contribution in [0, 0.1) is 0 Å². The lowest BCUT2D eigenvalue weighted by Gasteiger charge is -2.04. The zero-order valence-electron chi connectivity index (χ0n) is 8.95. The molecule has 0 saturated carbocycles. The van der Waals surface area contributed by atoms with Crippen molar-refractivity contribution >= 4 is 23.5 Å². The molecule has 94 valence electrons. The first-order chi connectivity index (χ1) is 8.40. The molecule has 0 aliphatic carbocycles. The molecular weight excluding hydrogens is 242 g/mol. The maximum atomic E-state index is 11.2. The molecule has 0 saturated heterocycles. The van der Waals surface area contributed by atoms with Gasteiger partial charge < -0.3 is 20.6 Å². The number of hydrogen-bond donors (Lipinski definition) is 4. The first kappa shape index (κ1) is 13.2. The van der Waals surface area contributed by atoms with Gasteiger partial charge in [-0.25, -0.2) is 9.59 Å². The van der Waals surface area contributed by atoms with E-state index in [1.54, 1.807) is 0 Å². The predicted octanol–water partition coefficient (Wildman–Crippen LogP) is 0.670. The van der Waals surface area contributed by atoms with Gasteiger partial charge in [0.05, 0.1) is 0 Å². The Hall–Kier alpha value is -2.83. The summed E-state index contributed by atoms with van der Waals surface area (Å²) in [5, 5.41) is 28.5. The van der Waals surface area contributed by atoms with Crippen LogP contribution in [0.25, 0.3) is 0 Å². The number of carboxylic acid groups (broad SMARTS) is 2. The maximum Gasteiger partial charge on any atom is 0.339 e. The molecule has 0 aliphatic rings. The van der Waals surface area contributed by atoms with Gasteiger partial charge in [-0.3, -0.25) is 4.79 Å². The molecule has 0 fully saturated rings. The van der Waals surface area contributed by atoms with Crippen molar-refractivity contribution in [1.82, 2.24) is 0 Å². The van der Waals surface area contributed by atoms with E-state index >= 15 is 0 Å². The molecule has 0 aromatic heterocycles. The van der Waals surface area contributed by atoms with E-state index in [2.05, 4.69) is 5.32 Å². The topological polar surface area (TPSA) is 124 Å². The Morgan fingerprint density at radius 2 is 1.78 bits per heavy atom. The van der Waals surface area contributed by atoms with E-state index in [9.17, 15) is 19.5 Å². The summed E-state index contributed by atoms with van der Waals surface area (Å²) in [6.45, 7) is 0. The van der Waals surface area contributed by atoms with Crippen molar-refractivity contribution in [1.29, 1.82) is 0 Å². The second-order valence-electron chi connectivity index (χ2n) is 3.20. The number of aromatic carboxylic acids is 1. The van der Waals surface area contributed by atoms with Crippen molar-refractivity contribution in [2.75, 3.05) is 5.32 Å². The molecule has 0 heterocycles. The molecule has 7 nitrogen and oxygen atoms in total. The normalized spacial score (nSPS) is 10.2. The second-order valence-corrected chi connectivity index (χ2v) is 3.20. The molecule has 18 heavy (non-hydrogen) atoms. The third-order valence-corrected chi connectivity index (χ3v) is 1.87. The highest BCUT2D eigenvalue weighted by Crippen LogP contribution is 2.21. The Bertz CT molecular complexity index is 534. The van der Waals surface area contributed by atoms with Gasteiger partial charge in [-0.15, -0.1) is 0 Å². The number of aliphatic carboxylic acids is 1. The van der Waals surface area contributed by atoms with Crippen molar-refractivity contribution in [3.63, 3.8) is 0 Å². The zero-order valence-corrected chi connectivity index (χ0v) is 8.95. The number of carboxylic acids is 2. The van der Waals surface area contributed by atoms with Gasteiger partial charge in [-0.2, -0.15) is 0 Å². The predicted molar refractivity (Wildman–Crippen MR) is 60.5 cm³/mol. The number of anilines is 1. The Morgan fingerprint density at radius 3 is 2.33 bits per heavy atom. The average molecular weight is 251 g/mol. The third kappa shape index (κ3) is 3.63. The smallest absolute Gasteiger partial charge is 0.339 e. The fourth-order valence-electron chi connectivity index (χ4n) is 1.12. The highest BCUT2D eigenvalue weighted by molar-refractivity contribution is 6.03. The second kappa shape index (κ2) is 5.48. The van der Waals surface area contributed by atoms with Crippen LogP contribution in [-0.4, -0.2) is 33.2 Å². The van der Waals surface area contributed by atoms with Gasteiger partial charge >= 0.3 is 11.9 Å². The maximum absolute atomic E-state index is 11.2. The largest absolute Gasteiger partial charge is 0.507 e. The Kier molecular flexibility index (Phi) is 4.03. The SMILES string of the molecule is O=C(O)/C=C/C(=O)Nc1ccc(O)c(C(=O)O)c1. The zero-order chi connectivity index (χ0) is 13.7. The van der Waals surface area contributed by atoms with Gasteiger partial charge in [0, 0.05) is 17.8 Å². The molecule has 1 rings (SSSR count). The molecule has 0 aliphatic heterocycles. The van der Waals surface area contributed by atoms with Crippen LogP contribution in [0.5, 0.6) is 5.75 Å². The minimum absolute atomic E-state index is 0.130. The summed E-state index contributed by atoms with van der Waals surface area (Å²) >= 11 is 0. The summed E-state index contributed by atoms with van der Waals surface area (Å²) < 4.78 is 0. The number of amides is 1. The number of hydrogen-bond acceptors (Lipinski definition) is 4. The first-order valence-corrected chi connectivity index (χ1v) is 4.68. The van der Waals surface area contributed by atoms with Crippen LogP contribution >= 0.6 is 0 Å². The van der Waals surface area contributed by atoms with Crippen molar-refractivity contribution in [2.45, 2.75) is 0 Å². The van der Waals surface area contributed by atoms with Crippen LogP contribution in [0.2, 0.25) is 0 Å². The van der Waals surface area contributed by atoms with E-state index < -0.39 is 23.6 Å². The fourth-order valence-corrected chi connectivity index (χ4v) is 1.12. The highest BCUT2D eigenvalue weighted by atomic mass is 16.4. The number of rotatable bonds is 4. The summed E-state index contributed by atoms with van der Waals surface area (Å²) in [5.41, 5.74) is -0.236. The fraction of sp³-hybridized carbons (Fsp3) is 0. The number of phenols is 1. The van der Waals surface area contributed by atoms with Gasteiger partial charge in [0.1, 0.15) is 11.3 Å². The Labute approximate surface area is 101 Å². The molecule has 0 radical (unpaired) electrons. The van der Waals surface area contributed by atoms with Crippen molar-refractivity contribution in [3.05, 3.63) is 35.9 Å². The lowest BCUT2D eigenvalue weighted by molar-refractivity contribution is -0.131. The molecule has 0 bridgehead atoms. The summed E-state index contributed by atoms with van der Waals surface area (Å²) in [7, 11) is 0. The summed E-state index contributed by atoms with van der Waals surface area (Å²) in [6.07, 6.45) is 1.43. The first-order valence-electron chi connectivity index (χ1n) is 4.68. The summed E-state index contributed by atoms with van der Waals surface area (Å²) in [5.74, 6) is -3.77. The molecule has 4 N–H and O–H groups in total. The van der Waals surface area contributed by atoms with Crippen molar-refractivity contribution < 1.29 is 29.7 Å². The highest BCUT2D eigenvalue weighted by Gasteiger charge is 2.10. The van der Waals surface area contributed by atoms with Gasteiger partial charge in [-0.1, -0.05) is 0 Å². The van der Waals surface area contributed by atoms with Crippen molar-refractivity contribution in [3.8, 4) is 5.75 Å². The average Bonchev–Trinajstić information content (AvgIpc) is 2.28. The number of benzene rings is 1. The number of carbonyl (C=O) groups excluding carboxylic acids is 1. The number of nitrogens with one attached hydrogen (secondary N) is 1. The molecule has 1 aromatic carbocycles. The van der Waals surface area contributed by atoms with Gasteiger partial charge in [0.15, 0.2) is 0 Å². The standard InChI is InChI=1S/C11H9NO6/c13-8-2-1-6(5-7(8)11(17)18)12-9(14)3-4-10(15)16/h1-5,13H,(H,12,14)(H,15,16)(H,17,18)/b4-3+. The molecular formula is C11H9NO6. The van der Waals surface area contributed by atoms with E-state index in [-0.39, 0.29) is 11.3 Å². The quantitative estimate of drug-likeness (QED) is 0.460. The van der Waals surface area contributed by atoms with Crippen LogP contribution in [0.3, 0.4) is 0 Å². The minimum atomic E-state index is -1.34. The molecule has 7 heteroatoms. The van der Waals surface area contributed by atoms with E-state index in [1.807, 2.05) is 0 Å². The third-order valence-electron chi connectivity index (χ3n) is 1.87. The lowest BCUT2D eigenvalue weighted by Crippen LogP contribution is -2.09. The molecule has 0 unspecified atom stereocenters. The minimum Gasteiger partial charge on any atom is -0.507 e. The van der Waals surface area contributed by atoms with Gasteiger partial charge in [-0.05, 0) is 18.2 Å². The molecule has 0 spiro atoms. The molecule has 1 amide bonds. The van der Waals surface area contributed by atoms with Crippen LogP contribution in [0.15, 0.2) is 30.4 Å². The van der Waals surface area contributed by atoms with E-state index in [0.717, 1.165) is 18.2 Å². The Balaban J connectivity index is 2.86. The van der Waals surface area contributed by atoms with E-state index in [0.29, 0.717) is 6.08 Å². The van der Waals surface area contributed by atoms with Crippen LogP contribution in [0.4, 0.5) is 5.69 Å². The number of carbonyl (C=O) groups is 3. The lowest BCUT2D eigenvalue weighted by atomic mass is 10.2. The van der Waals surface area contributed by atoms with Gasteiger partial charge in [0.25, 0.3) is 0 Å². The number of aromatic hydroxyl groups is 1. The van der Waals surface area contributed by atoms with Crippen molar-refractivity contribution in [2.24, 2.45) is 0 Å². The van der Waals surface area contributed by atoms with E-state index in [4.69, 9.17) is 10.2 Å². The Morgan fingerprint density at radius 1 is 1.11 bits per heavy atom. The van der Waals surface area contributed by atoms with E-state index in [1.165, 1.54) is 6.07 Å². The van der Waals surface area contributed by atoms with Gasteiger partial charge in [0.2, 0.25) is 5.91 Å². The van der Waals surface area contributed by atoms with Crippen LogP contribution in [0.1, 0.15) is 10.4 Å². The monoisotopic (exact) mass is 251 g/mol. The molecule has 1 aromatic rings.